The third-order valence-electron chi connectivity index (χ3n) is 4.14. The number of phenolic OH excluding ortho intramolecular Hbond substituents is 1. The second-order valence-corrected chi connectivity index (χ2v) is 7.60. The Kier molecular flexibility index (Phi) is 9.24. The smallest absolute Gasteiger partial charge is 0.323 e. The van der Waals surface area contributed by atoms with E-state index in [1.165, 1.54) is 12.1 Å². The Morgan fingerprint density at radius 1 is 1.00 bits per heavy atom. The Balaban J connectivity index is 2.01. The van der Waals surface area contributed by atoms with Crippen molar-refractivity contribution in [3.8, 4) is 5.75 Å². The van der Waals surface area contributed by atoms with Crippen LogP contribution in [0.3, 0.4) is 0 Å². The van der Waals surface area contributed by atoms with Gasteiger partial charge in [-0.05, 0) is 59.6 Å². The van der Waals surface area contributed by atoms with Crippen LogP contribution in [0.15, 0.2) is 40.9 Å². The van der Waals surface area contributed by atoms with Crippen molar-refractivity contribution in [1.82, 2.24) is 5.32 Å². The van der Waals surface area contributed by atoms with Crippen molar-refractivity contribution in [2.75, 3.05) is 23.7 Å². The van der Waals surface area contributed by atoms with E-state index in [2.05, 4.69) is 31.9 Å². The van der Waals surface area contributed by atoms with Crippen molar-refractivity contribution in [2.24, 2.45) is 5.73 Å². The predicted octanol–water partition coefficient (Wildman–Crippen LogP) is 4.70. The second-order valence-electron chi connectivity index (χ2n) is 6.34. The molecule has 156 valence electrons. The maximum absolute atomic E-state index is 12.4. The molecule has 6 N–H and O–H groups in total. The van der Waals surface area contributed by atoms with Gasteiger partial charge in [-0.2, -0.15) is 0 Å². The van der Waals surface area contributed by atoms with Gasteiger partial charge in [-0.1, -0.05) is 36.6 Å². The lowest BCUT2D eigenvalue weighted by Gasteiger charge is -2.14. The Morgan fingerprint density at radius 2 is 1.69 bits per heavy atom. The summed E-state index contributed by atoms with van der Waals surface area (Å²) in [4.78, 5) is 24.7. The number of nitrogens with one attached hydrogen (secondary N) is 3. The number of carbonyl (C=O) groups excluding carboxylic acids is 2. The monoisotopic (exact) mass is 482 g/mol. The summed E-state index contributed by atoms with van der Waals surface area (Å²) in [6.07, 6.45) is 3.71. The number of unbranched alkanes of at least 4 members (excludes halogenated alkanes) is 3. The molecule has 0 radical (unpaired) electrons. The molecule has 0 fully saturated rings. The van der Waals surface area contributed by atoms with Crippen molar-refractivity contribution in [2.45, 2.75) is 25.7 Å². The summed E-state index contributed by atoms with van der Waals surface area (Å²) in [6, 6.07) is 9.42. The van der Waals surface area contributed by atoms with Crippen LogP contribution in [-0.2, 0) is 0 Å². The highest BCUT2D eigenvalue weighted by atomic mass is 79.9. The molecule has 0 aliphatic rings. The zero-order valence-corrected chi connectivity index (χ0v) is 18.1. The molecular formula is C20H24BrClN4O3. The number of urea groups is 1. The average Bonchev–Trinajstić information content (AvgIpc) is 2.69. The van der Waals surface area contributed by atoms with E-state index in [0.29, 0.717) is 23.2 Å². The lowest BCUT2D eigenvalue weighted by molar-refractivity contribution is 0.0950. The number of phenols is 1. The van der Waals surface area contributed by atoms with Crippen molar-refractivity contribution in [3.05, 3.63) is 51.5 Å². The van der Waals surface area contributed by atoms with E-state index in [0.717, 1.165) is 25.7 Å². The molecule has 0 spiro atoms. The molecule has 0 aromatic heterocycles. The fourth-order valence-electron chi connectivity index (χ4n) is 2.64. The summed E-state index contributed by atoms with van der Waals surface area (Å²) in [6.45, 7) is 1.11. The largest absolute Gasteiger partial charge is 0.505 e. The Hall–Kier alpha value is -2.29. The minimum Gasteiger partial charge on any atom is -0.505 e. The number of amides is 3. The van der Waals surface area contributed by atoms with Crippen molar-refractivity contribution in [1.29, 1.82) is 0 Å². The van der Waals surface area contributed by atoms with E-state index in [1.807, 2.05) is 6.07 Å². The SMILES string of the molecule is NCCCCCCNC(=O)c1c(Cl)ccc(NC(=O)Nc2ccccc2Br)c1O. The van der Waals surface area contributed by atoms with Gasteiger partial charge >= 0.3 is 6.03 Å². The van der Waals surface area contributed by atoms with Crippen molar-refractivity contribution >= 4 is 50.8 Å². The van der Waals surface area contributed by atoms with Gasteiger partial charge in [-0.15, -0.1) is 0 Å². The first-order valence-electron chi connectivity index (χ1n) is 9.26. The summed E-state index contributed by atoms with van der Waals surface area (Å²) in [5, 5.41) is 18.5. The summed E-state index contributed by atoms with van der Waals surface area (Å²) < 4.78 is 0.710. The number of benzene rings is 2. The van der Waals surface area contributed by atoms with Gasteiger partial charge in [0.1, 0.15) is 5.56 Å². The highest BCUT2D eigenvalue weighted by molar-refractivity contribution is 9.10. The van der Waals surface area contributed by atoms with Crippen LogP contribution in [0.1, 0.15) is 36.0 Å². The Morgan fingerprint density at radius 3 is 2.41 bits per heavy atom. The molecule has 0 heterocycles. The van der Waals surface area contributed by atoms with Gasteiger partial charge in [-0.25, -0.2) is 4.79 Å². The number of para-hydroxylation sites is 1. The first kappa shape index (κ1) is 23.0. The number of aromatic hydroxyl groups is 1. The van der Waals surface area contributed by atoms with Crippen LogP contribution < -0.4 is 21.7 Å². The zero-order chi connectivity index (χ0) is 21.2. The predicted molar refractivity (Wildman–Crippen MR) is 120 cm³/mol. The Labute approximate surface area is 183 Å². The number of carbonyl (C=O) groups is 2. The van der Waals surface area contributed by atoms with Gasteiger partial charge in [0.15, 0.2) is 5.75 Å². The highest BCUT2D eigenvalue weighted by Gasteiger charge is 2.19. The summed E-state index contributed by atoms with van der Waals surface area (Å²) in [5.41, 5.74) is 6.01. The van der Waals surface area contributed by atoms with E-state index in [9.17, 15) is 14.7 Å². The first-order chi connectivity index (χ1) is 13.9. The van der Waals surface area contributed by atoms with Gasteiger partial charge in [0.25, 0.3) is 5.91 Å². The molecule has 0 saturated heterocycles. The molecule has 7 nitrogen and oxygen atoms in total. The fraction of sp³-hybridized carbons (Fsp3) is 0.300. The third kappa shape index (κ3) is 6.92. The summed E-state index contributed by atoms with van der Waals surface area (Å²) in [7, 11) is 0. The second kappa shape index (κ2) is 11.6. The van der Waals surface area contributed by atoms with Crippen LogP contribution in [0.5, 0.6) is 5.75 Å². The minimum atomic E-state index is -0.569. The van der Waals surface area contributed by atoms with Crippen LogP contribution in [0.2, 0.25) is 5.02 Å². The molecule has 0 aliphatic carbocycles. The van der Waals surface area contributed by atoms with E-state index in [1.54, 1.807) is 18.2 Å². The van der Waals surface area contributed by atoms with E-state index >= 15 is 0 Å². The summed E-state index contributed by atoms with van der Waals surface area (Å²) >= 11 is 9.44. The number of nitrogens with two attached hydrogens (primary N) is 1. The van der Waals surface area contributed by atoms with Crippen LogP contribution in [-0.4, -0.2) is 30.1 Å². The van der Waals surface area contributed by atoms with E-state index in [4.69, 9.17) is 17.3 Å². The zero-order valence-electron chi connectivity index (χ0n) is 15.8. The maximum atomic E-state index is 12.4. The van der Waals surface area contributed by atoms with Crippen molar-refractivity contribution in [3.63, 3.8) is 0 Å². The standard InChI is InChI=1S/C20H24BrClN4O3/c21-13-7-3-4-8-15(13)25-20(29)26-16-10-9-14(22)17(18(16)27)19(28)24-12-6-2-1-5-11-23/h3-4,7-10,27H,1-2,5-6,11-12,23H2,(H,24,28)(H2,25,26,29). The molecule has 0 bridgehead atoms. The molecule has 2 aromatic carbocycles. The molecule has 9 heteroatoms. The molecule has 0 saturated carbocycles. The molecule has 29 heavy (non-hydrogen) atoms. The summed E-state index contributed by atoms with van der Waals surface area (Å²) in [5.74, 6) is -0.887. The molecule has 0 unspecified atom stereocenters. The molecule has 2 rings (SSSR count). The van der Waals surface area contributed by atoms with Crippen LogP contribution >= 0.6 is 27.5 Å². The van der Waals surface area contributed by atoms with Gasteiger partial charge in [-0.3, -0.25) is 4.79 Å². The van der Waals surface area contributed by atoms with Crippen LogP contribution in [0, 0.1) is 0 Å². The van der Waals surface area contributed by atoms with E-state index < -0.39 is 11.9 Å². The van der Waals surface area contributed by atoms with Gasteiger partial charge in [0.05, 0.1) is 16.4 Å². The number of halogens is 2. The minimum absolute atomic E-state index is 0.0760. The Bertz CT molecular complexity index is 864. The van der Waals surface area contributed by atoms with Gasteiger partial charge < -0.3 is 26.8 Å². The number of hydrogen-bond donors (Lipinski definition) is 5. The quantitative estimate of drug-likeness (QED) is 0.262. The molecule has 0 aliphatic heterocycles. The number of rotatable bonds is 9. The third-order valence-corrected chi connectivity index (χ3v) is 5.15. The van der Waals surface area contributed by atoms with Gasteiger partial charge in [0.2, 0.25) is 0 Å². The van der Waals surface area contributed by atoms with E-state index in [-0.39, 0.29) is 22.0 Å². The highest BCUT2D eigenvalue weighted by Crippen LogP contribution is 2.33. The molecule has 0 atom stereocenters. The van der Waals surface area contributed by atoms with Crippen LogP contribution in [0.25, 0.3) is 0 Å². The fourth-order valence-corrected chi connectivity index (χ4v) is 3.26. The molecule has 3 amide bonds. The number of anilines is 2. The molecular weight excluding hydrogens is 460 g/mol. The van der Waals surface area contributed by atoms with Crippen LogP contribution in [0.4, 0.5) is 16.2 Å². The topological polar surface area (TPSA) is 116 Å². The average molecular weight is 484 g/mol. The maximum Gasteiger partial charge on any atom is 0.323 e. The van der Waals surface area contributed by atoms with Gasteiger partial charge in [0, 0.05) is 11.0 Å². The normalized spacial score (nSPS) is 10.4. The van der Waals surface area contributed by atoms with Crippen molar-refractivity contribution < 1.29 is 14.7 Å². The molecule has 2 aromatic rings. The number of hydrogen-bond acceptors (Lipinski definition) is 4. The lowest BCUT2D eigenvalue weighted by Crippen LogP contribution is -2.25. The lowest BCUT2D eigenvalue weighted by atomic mass is 10.1. The first-order valence-corrected chi connectivity index (χ1v) is 10.4.